The van der Waals surface area contributed by atoms with Gasteiger partial charge in [0.15, 0.2) is 0 Å². The van der Waals surface area contributed by atoms with Crippen LogP contribution in [0, 0.1) is 0 Å². The molecule has 0 unspecified atom stereocenters. The van der Waals surface area contributed by atoms with Gasteiger partial charge in [0, 0.05) is 23.2 Å². The van der Waals surface area contributed by atoms with Crippen molar-refractivity contribution in [3.8, 4) is 0 Å². The van der Waals surface area contributed by atoms with E-state index in [2.05, 4.69) is 15.0 Å². The molecule has 0 saturated carbocycles. The summed E-state index contributed by atoms with van der Waals surface area (Å²) in [4.78, 5) is 6.35. The third-order valence-electron chi connectivity index (χ3n) is 4.29. The summed E-state index contributed by atoms with van der Waals surface area (Å²) in [6.45, 7) is 2.42. The normalized spacial score (nSPS) is 20.9. The number of piperidine rings is 1. The number of rotatable bonds is 5. The molecule has 0 radical (unpaired) electrons. The summed E-state index contributed by atoms with van der Waals surface area (Å²) >= 11 is 6.19. The topological polar surface area (TPSA) is 54.2 Å². The van der Waals surface area contributed by atoms with Crippen molar-refractivity contribution in [2.24, 2.45) is 0 Å². The Morgan fingerprint density at radius 2 is 2.18 bits per heavy atom. The van der Waals surface area contributed by atoms with Gasteiger partial charge in [-0.2, -0.15) is 5.10 Å². The quantitative estimate of drug-likeness (QED) is 0.919. The number of halogens is 1. The number of aliphatic hydroxyl groups is 1. The average Bonchev–Trinajstić information content (AvgIpc) is 3.02. The summed E-state index contributed by atoms with van der Waals surface area (Å²) in [5, 5.41) is 15.4. The van der Waals surface area contributed by atoms with E-state index in [0.29, 0.717) is 17.6 Å². The van der Waals surface area contributed by atoms with Crippen molar-refractivity contribution in [1.82, 2.24) is 19.7 Å². The molecule has 0 spiro atoms. The number of β-amino-alcohol motifs (C(OH)–C–C–N with tert-alkyl or cyclic N) is 1. The van der Waals surface area contributed by atoms with Gasteiger partial charge in [-0.15, -0.1) is 0 Å². The lowest BCUT2D eigenvalue weighted by molar-refractivity contribution is 0.0591. The monoisotopic (exact) mass is 320 g/mol. The van der Waals surface area contributed by atoms with E-state index in [4.69, 9.17) is 11.6 Å². The van der Waals surface area contributed by atoms with Crippen LogP contribution in [0.1, 0.15) is 30.9 Å². The van der Waals surface area contributed by atoms with E-state index >= 15 is 0 Å². The highest BCUT2D eigenvalue weighted by molar-refractivity contribution is 6.31. The minimum atomic E-state index is -0.565. The van der Waals surface area contributed by atoms with Crippen LogP contribution in [-0.4, -0.2) is 43.9 Å². The molecular weight excluding hydrogens is 300 g/mol. The predicted octanol–water partition coefficient (Wildman–Crippen LogP) is 2.52. The molecule has 1 fully saturated rings. The summed E-state index contributed by atoms with van der Waals surface area (Å²) in [5.41, 5.74) is 0.800. The highest BCUT2D eigenvalue weighted by Crippen LogP contribution is 2.26. The number of likely N-dealkylation sites (tertiary alicyclic amines) is 1. The van der Waals surface area contributed by atoms with Gasteiger partial charge < -0.3 is 5.11 Å². The van der Waals surface area contributed by atoms with E-state index in [1.54, 1.807) is 12.7 Å². The molecule has 118 valence electrons. The fraction of sp³-hybridized carbons (Fsp3) is 0.500. The van der Waals surface area contributed by atoms with Gasteiger partial charge >= 0.3 is 0 Å². The predicted molar refractivity (Wildman–Crippen MR) is 85.6 cm³/mol. The standard InChI is InChI=1S/C16H21ClN4O/c17-15-7-2-1-6-14(15)16(22)10-20-8-4-3-5-13(20)9-21-12-18-11-19-21/h1-2,6-7,11-13,16,22H,3-5,8-10H2/t13-,16-/m1/s1. The van der Waals surface area contributed by atoms with Crippen molar-refractivity contribution >= 4 is 11.6 Å². The number of hydrogen-bond acceptors (Lipinski definition) is 4. The van der Waals surface area contributed by atoms with Gasteiger partial charge in [0.05, 0.1) is 12.6 Å². The lowest BCUT2D eigenvalue weighted by atomic mass is 10.00. The van der Waals surface area contributed by atoms with E-state index in [-0.39, 0.29) is 0 Å². The lowest BCUT2D eigenvalue weighted by Crippen LogP contribution is -2.44. The average molecular weight is 321 g/mol. The third-order valence-corrected chi connectivity index (χ3v) is 4.63. The first-order valence-electron chi connectivity index (χ1n) is 7.73. The van der Waals surface area contributed by atoms with Crippen LogP contribution in [0.4, 0.5) is 0 Å². The lowest BCUT2D eigenvalue weighted by Gasteiger charge is -2.36. The van der Waals surface area contributed by atoms with Gasteiger partial charge in [-0.1, -0.05) is 36.2 Å². The van der Waals surface area contributed by atoms with Gasteiger partial charge in [-0.05, 0) is 25.5 Å². The molecule has 2 aromatic rings. The zero-order chi connectivity index (χ0) is 15.4. The minimum absolute atomic E-state index is 0.382. The van der Waals surface area contributed by atoms with Crippen molar-refractivity contribution in [3.63, 3.8) is 0 Å². The number of aliphatic hydroxyl groups excluding tert-OH is 1. The molecule has 1 aromatic heterocycles. The van der Waals surface area contributed by atoms with Gasteiger partial charge in [-0.25, -0.2) is 4.98 Å². The fourth-order valence-electron chi connectivity index (χ4n) is 3.12. The molecule has 6 heteroatoms. The first kappa shape index (κ1) is 15.5. The highest BCUT2D eigenvalue weighted by Gasteiger charge is 2.26. The van der Waals surface area contributed by atoms with Crippen molar-refractivity contribution < 1.29 is 5.11 Å². The Balaban J connectivity index is 1.67. The molecule has 0 aliphatic carbocycles. The molecule has 0 amide bonds. The number of aromatic nitrogens is 3. The summed E-state index contributed by atoms with van der Waals surface area (Å²) in [6.07, 6.45) is 6.25. The Hall–Kier alpha value is -1.43. The second-order valence-corrected chi connectivity index (χ2v) is 6.21. The molecule has 2 heterocycles. The van der Waals surface area contributed by atoms with E-state index in [9.17, 15) is 5.11 Å². The fourth-order valence-corrected chi connectivity index (χ4v) is 3.38. The van der Waals surface area contributed by atoms with Crippen molar-refractivity contribution in [3.05, 3.63) is 47.5 Å². The molecule has 22 heavy (non-hydrogen) atoms. The maximum Gasteiger partial charge on any atom is 0.137 e. The minimum Gasteiger partial charge on any atom is -0.387 e. The molecule has 1 aliphatic rings. The maximum absolute atomic E-state index is 10.5. The van der Waals surface area contributed by atoms with Gasteiger partial charge in [0.2, 0.25) is 0 Å². The Bertz CT molecular complexity index is 590. The van der Waals surface area contributed by atoms with Crippen LogP contribution in [-0.2, 0) is 6.54 Å². The van der Waals surface area contributed by atoms with Crippen LogP contribution in [0.25, 0.3) is 0 Å². The SMILES string of the molecule is O[C@H](CN1CCCC[C@@H]1Cn1cncn1)c1ccccc1Cl. The molecule has 1 aromatic carbocycles. The third kappa shape index (κ3) is 3.66. The van der Waals surface area contributed by atoms with Crippen molar-refractivity contribution in [2.45, 2.75) is 38.0 Å². The smallest absolute Gasteiger partial charge is 0.137 e. The van der Waals surface area contributed by atoms with E-state index in [1.165, 1.54) is 12.8 Å². The Kier molecular flexibility index (Phi) is 5.08. The summed E-state index contributed by atoms with van der Waals surface area (Å²) in [6, 6.07) is 7.89. The van der Waals surface area contributed by atoms with Crippen LogP contribution in [0.2, 0.25) is 5.02 Å². The molecular formula is C16H21ClN4O. The van der Waals surface area contributed by atoms with Crippen LogP contribution in [0.5, 0.6) is 0 Å². The van der Waals surface area contributed by atoms with Crippen LogP contribution in [0.15, 0.2) is 36.9 Å². The molecule has 3 rings (SSSR count). The van der Waals surface area contributed by atoms with Gasteiger partial charge in [0.1, 0.15) is 12.7 Å². The molecule has 0 bridgehead atoms. The number of hydrogen-bond donors (Lipinski definition) is 1. The first-order chi connectivity index (χ1) is 10.7. The van der Waals surface area contributed by atoms with Crippen LogP contribution >= 0.6 is 11.6 Å². The molecule has 5 nitrogen and oxygen atoms in total. The second-order valence-electron chi connectivity index (χ2n) is 5.80. The van der Waals surface area contributed by atoms with Crippen molar-refractivity contribution in [2.75, 3.05) is 13.1 Å². The van der Waals surface area contributed by atoms with Crippen LogP contribution in [0.3, 0.4) is 0 Å². The maximum atomic E-state index is 10.5. The molecule has 1 N–H and O–H groups in total. The zero-order valence-corrected chi connectivity index (χ0v) is 13.2. The van der Waals surface area contributed by atoms with Gasteiger partial charge in [0.25, 0.3) is 0 Å². The van der Waals surface area contributed by atoms with Crippen molar-refractivity contribution in [1.29, 1.82) is 0 Å². The molecule has 1 aliphatic heterocycles. The van der Waals surface area contributed by atoms with Gasteiger partial charge in [-0.3, -0.25) is 9.58 Å². The molecule has 2 atom stereocenters. The Morgan fingerprint density at radius 1 is 1.32 bits per heavy atom. The zero-order valence-electron chi connectivity index (χ0n) is 12.5. The number of benzene rings is 1. The highest BCUT2D eigenvalue weighted by atomic mass is 35.5. The Labute approximate surface area is 135 Å². The van der Waals surface area contributed by atoms with E-state index < -0.39 is 6.10 Å². The largest absolute Gasteiger partial charge is 0.387 e. The molecule has 1 saturated heterocycles. The summed E-state index contributed by atoms with van der Waals surface area (Å²) in [5.74, 6) is 0. The number of nitrogens with zero attached hydrogens (tertiary/aromatic N) is 4. The van der Waals surface area contributed by atoms with E-state index in [0.717, 1.165) is 25.1 Å². The first-order valence-corrected chi connectivity index (χ1v) is 8.11. The summed E-state index contributed by atoms with van der Waals surface area (Å²) < 4.78 is 1.87. The van der Waals surface area contributed by atoms with E-state index in [1.807, 2.05) is 28.9 Å². The summed E-state index contributed by atoms with van der Waals surface area (Å²) in [7, 11) is 0. The Morgan fingerprint density at radius 3 is 2.95 bits per heavy atom. The second kappa shape index (κ2) is 7.22. The van der Waals surface area contributed by atoms with Crippen LogP contribution < -0.4 is 0 Å².